The smallest absolute Gasteiger partial charge is 0.221 e. The minimum atomic E-state index is 0.0699. The molecule has 0 aliphatic heterocycles. The lowest BCUT2D eigenvalue weighted by molar-refractivity contribution is -0.213. The van der Waals surface area contributed by atoms with Gasteiger partial charge in [-0.2, -0.15) is 0 Å². The fraction of sp³-hybridized carbons (Fsp3) is 0.818. The topological polar surface area (TPSA) is 56.2 Å². The summed E-state index contributed by atoms with van der Waals surface area (Å²) in [6.45, 7) is 8.96. The molecule has 5 nitrogen and oxygen atoms in total. The minimum Gasteiger partial charge on any atom is -0.373 e. The van der Waals surface area contributed by atoms with Gasteiger partial charge in [-0.3, -0.25) is 4.79 Å². The van der Waals surface area contributed by atoms with Crippen molar-refractivity contribution in [3.63, 3.8) is 0 Å². The van der Waals surface area contributed by atoms with Crippen LogP contribution in [-0.2, 0) is 22.5 Å². The molecule has 2 unspecified atom stereocenters. The van der Waals surface area contributed by atoms with E-state index < -0.39 is 0 Å². The van der Waals surface area contributed by atoms with Gasteiger partial charge in [-0.15, -0.1) is 0 Å². The van der Waals surface area contributed by atoms with E-state index in [1.807, 2.05) is 6.20 Å². The van der Waals surface area contributed by atoms with Crippen LogP contribution in [-0.4, -0.2) is 34.2 Å². The van der Waals surface area contributed by atoms with Crippen LogP contribution in [0.3, 0.4) is 0 Å². The lowest BCUT2D eigenvalue weighted by Crippen LogP contribution is -2.59. The molecule has 4 bridgehead atoms. The lowest BCUT2D eigenvalue weighted by Gasteiger charge is -2.65. The number of imidazole rings is 1. The zero-order valence-electron chi connectivity index (χ0n) is 17.2. The Hall–Kier alpha value is -1.36. The standard InChI is InChI=1S/C22H35N3O2/c1-4-18-23-6-9-25(18)8-5-19(26)24-7-10-27-22-13-17-11-20(2,15-22)14-21(3,12-17)16-22/h6,9,17H,4-5,7-8,10-16H2,1-3H3,(H,24,26). The molecule has 5 heteroatoms. The molecule has 4 aliphatic carbocycles. The number of hydrogen-bond acceptors (Lipinski definition) is 3. The van der Waals surface area contributed by atoms with E-state index in [0.29, 0.717) is 36.9 Å². The molecule has 1 aromatic rings. The molecule has 1 aromatic heterocycles. The summed E-state index contributed by atoms with van der Waals surface area (Å²) in [5.74, 6) is 1.97. The van der Waals surface area contributed by atoms with Crippen LogP contribution in [0.2, 0.25) is 0 Å². The van der Waals surface area contributed by atoms with Crippen molar-refractivity contribution in [3.05, 3.63) is 18.2 Å². The summed E-state index contributed by atoms with van der Waals surface area (Å²) in [7, 11) is 0. The largest absolute Gasteiger partial charge is 0.373 e. The van der Waals surface area contributed by atoms with E-state index in [4.69, 9.17) is 4.74 Å². The molecular weight excluding hydrogens is 338 g/mol. The molecule has 1 amide bonds. The molecule has 150 valence electrons. The van der Waals surface area contributed by atoms with Crippen molar-refractivity contribution >= 4 is 5.91 Å². The minimum absolute atomic E-state index is 0.0699. The lowest BCUT2D eigenvalue weighted by atomic mass is 9.43. The van der Waals surface area contributed by atoms with Gasteiger partial charge in [0.1, 0.15) is 5.82 Å². The number of nitrogens with zero attached hydrogens (tertiary/aromatic N) is 2. The molecule has 0 spiro atoms. The van der Waals surface area contributed by atoms with E-state index in [2.05, 4.69) is 35.6 Å². The summed E-state index contributed by atoms with van der Waals surface area (Å²) in [5, 5.41) is 3.04. The SMILES string of the molecule is CCc1nccn1CCC(=O)NCCOC12CC3CC(C)(CC(C)(C3)C1)C2. The molecular formula is C22H35N3O2. The Kier molecular flexibility index (Phi) is 4.86. The summed E-state index contributed by atoms with van der Waals surface area (Å²) in [6.07, 6.45) is 12.9. The summed E-state index contributed by atoms with van der Waals surface area (Å²) in [6, 6.07) is 0. The molecule has 4 aliphatic rings. The maximum absolute atomic E-state index is 12.2. The first kappa shape index (κ1) is 19.0. The summed E-state index contributed by atoms with van der Waals surface area (Å²) >= 11 is 0. The van der Waals surface area contributed by atoms with Gasteiger partial charge in [-0.05, 0) is 55.3 Å². The van der Waals surface area contributed by atoms with Crippen molar-refractivity contribution in [3.8, 4) is 0 Å². The van der Waals surface area contributed by atoms with E-state index in [-0.39, 0.29) is 11.5 Å². The second kappa shape index (κ2) is 6.91. The number of carbonyl (C=O) groups is 1. The highest BCUT2D eigenvalue weighted by atomic mass is 16.5. The van der Waals surface area contributed by atoms with Gasteiger partial charge in [0.25, 0.3) is 0 Å². The zero-order valence-corrected chi connectivity index (χ0v) is 17.2. The summed E-state index contributed by atoms with van der Waals surface area (Å²) in [5.41, 5.74) is 1.01. The molecule has 27 heavy (non-hydrogen) atoms. The van der Waals surface area contributed by atoms with Gasteiger partial charge in [0, 0.05) is 38.3 Å². The second-order valence-corrected chi connectivity index (χ2v) is 10.2. The van der Waals surface area contributed by atoms with Crippen LogP contribution in [0.25, 0.3) is 0 Å². The number of aromatic nitrogens is 2. The molecule has 2 atom stereocenters. The Morgan fingerprint density at radius 3 is 2.67 bits per heavy atom. The van der Waals surface area contributed by atoms with E-state index in [0.717, 1.165) is 18.2 Å². The van der Waals surface area contributed by atoms with Gasteiger partial charge in [0.05, 0.1) is 12.2 Å². The number of rotatable bonds is 8. The first-order valence-corrected chi connectivity index (χ1v) is 10.7. The molecule has 4 fully saturated rings. The van der Waals surface area contributed by atoms with Crippen LogP contribution in [0.4, 0.5) is 0 Å². The third kappa shape index (κ3) is 3.94. The zero-order chi connectivity index (χ0) is 19.1. The van der Waals surface area contributed by atoms with Crippen LogP contribution in [0.5, 0.6) is 0 Å². The van der Waals surface area contributed by atoms with Gasteiger partial charge in [-0.25, -0.2) is 4.98 Å². The van der Waals surface area contributed by atoms with Crippen molar-refractivity contribution in [2.45, 2.75) is 84.3 Å². The Morgan fingerprint density at radius 1 is 1.26 bits per heavy atom. The predicted octanol–water partition coefficient (Wildman–Crippen LogP) is 3.72. The molecule has 0 saturated heterocycles. The quantitative estimate of drug-likeness (QED) is 0.707. The first-order chi connectivity index (χ1) is 12.8. The molecule has 0 radical (unpaired) electrons. The number of hydrogen-bond donors (Lipinski definition) is 1. The van der Waals surface area contributed by atoms with Crippen LogP contribution in [0.15, 0.2) is 12.4 Å². The highest BCUT2D eigenvalue weighted by molar-refractivity contribution is 5.75. The number of nitrogens with one attached hydrogen (secondary N) is 1. The normalized spacial score (nSPS) is 36.9. The van der Waals surface area contributed by atoms with E-state index in [1.165, 1.54) is 38.5 Å². The molecule has 5 rings (SSSR count). The fourth-order valence-electron chi connectivity index (χ4n) is 7.13. The van der Waals surface area contributed by atoms with Crippen molar-refractivity contribution in [1.82, 2.24) is 14.9 Å². The second-order valence-electron chi connectivity index (χ2n) is 10.2. The van der Waals surface area contributed by atoms with Crippen LogP contribution >= 0.6 is 0 Å². The number of amides is 1. The van der Waals surface area contributed by atoms with E-state index in [9.17, 15) is 4.79 Å². The number of aryl methyl sites for hydroxylation is 2. The van der Waals surface area contributed by atoms with Crippen LogP contribution < -0.4 is 5.32 Å². The van der Waals surface area contributed by atoms with Crippen LogP contribution in [0.1, 0.15) is 71.5 Å². The summed E-state index contributed by atoms with van der Waals surface area (Å²) in [4.78, 5) is 16.5. The van der Waals surface area contributed by atoms with Crippen molar-refractivity contribution in [1.29, 1.82) is 0 Å². The predicted molar refractivity (Wildman–Crippen MR) is 105 cm³/mol. The molecule has 1 heterocycles. The average molecular weight is 374 g/mol. The monoisotopic (exact) mass is 373 g/mol. The van der Waals surface area contributed by atoms with Gasteiger partial charge in [-0.1, -0.05) is 20.8 Å². The van der Waals surface area contributed by atoms with Gasteiger partial charge in [0.15, 0.2) is 0 Å². The Bertz CT molecular complexity index is 679. The third-order valence-corrected chi connectivity index (χ3v) is 7.11. The van der Waals surface area contributed by atoms with Gasteiger partial charge in [0.2, 0.25) is 5.91 Å². The van der Waals surface area contributed by atoms with Gasteiger partial charge < -0.3 is 14.6 Å². The van der Waals surface area contributed by atoms with Crippen molar-refractivity contribution < 1.29 is 9.53 Å². The Morgan fingerprint density at radius 2 is 2.00 bits per heavy atom. The Labute approximate surface area is 163 Å². The van der Waals surface area contributed by atoms with Crippen LogP contribution in [0, 0.1) is 16.7 Å². The molecule has 0 aromatic carbocycles. The van der Waals surface area contributed by atoms with E-state index >= 15 is 0 Å². The van der Waals surface area contributed by atoms with Crippen molar-refractivity contribution in [2.75, 3.05) is 13.2 Å². The average Bonchev–Trinajstić information content (AvgIpc) is 3.01. The van der Waals surface area contributed by atoms with Gasteiger partial charge >= 0.3 is 0 Å². The first-order valence-electron chi connectivity index (χ1n) is 10.7. The number of ether oxygens (including phenoxy) is 1. The van der Waals surface area contributed by atoms with Crippen molar-refractivity contribution in [2.24, 2.45) is 16.7 Å². The number of carbonyl (C=O) groups excluding carboxylic acids is 1. The summed E-state index contributed by atoms with van der Waals surface area (Å²) < 4.78 is 8.54. The fourth-order valence-corrected chi connectivity index (χ4v) is 7.13. The highest BCUT2D eigenvalue weighted by Crippen LogP contribution is 2.67. The molecule has 1 N–H and O–H groups in total. The highest BCUT2D eigenvalue weighted by Gasteiger charge is 2.60. The molecule has 4 saturated carbocycles. The Balaban J connectivity index is 1.22. The third-order valence-electron chi connectivity index (χ3n) is 7.11. The van der Waals surface area contributed by atoms with E-state index in [1.54, 1.807) is 6.20 Å². The maximum atomic E-state index is 12.2. The maximum Gasteiger partial charge on any atom is 0.221 e.